The van der Waals surface area contributed by atoms with Crippen molar-refractivity contribution >= 4 is 39.3 Å². The number of carbonyl (C=O) groups excluding carboxylic acids is 2. The average Bonchev–Trinajstić information content (AvgIpc) is 3.53. The Balaban J connectivity index is 0.000000162. The van der Waals surface area contributed by atoms with Crippen molar-refractivity contribution in [2.24, 2.45) is 5.92 Å². The first-order valence-electron chi connectivity index (χ1n) is 15.3. The van der Waals surface area contributed by atoms with Crippen LogP contribution in [0.3, 0.4) is 0 Å². The predicted molar refractivity (Wildman–Crippen MR) is 166 cm³/mol. The van der Waals surface area contributed by atoms with Gasteiger partial charge >= 0.3 is 6.36 Å². The average molecular weight is 637 g/mol. The molecule has 3 aliphatic heterocycles. The second-order valence-electron chi connectivity index (χ2n) is 12.1. The molecular formula is C33H35F3N6O4. The normalized spacial score (nSPS) is 16.3. The molecule has 0 aliphatic carbocycles. The molecule has 0 bridgehead atoms. The minimum Gasteiger partial charge on any atom is -0.406 e. The summed E-state index contributed by atoms with van der Waals surface area (Å²) in [6.07, 6.45) is -4.13. The quantitative estimate of drug-likeness (QED) is 0.330. The number of benzene rings is 2. The van der Waals surface area contributed by atoms with E-state index in [1.54, 1.807) is 6.07 Å². The number of aromatic nitrogens is 2. The Kier molecular flexibility index (Phi) is 8.33. The lowest BCUT2D eigenvalue weighted by atomic mass is 10.0. The summed E-state index contributed by atoms with van der Waals surface area (Å²) in [5, 5.41) is 16.6. The lowest BCUT2D eigenvalue weighted by Gasteiger charge is -2.30. The molecule has 0 saturated carbocycles. The number of alkyl halides is 3. The van der Waals surface area contributed by atoms with Crippen LogP contribution in [0.25, 0.3) is 21.8 Å². The number of rotatable bonds is 4. The van der Waals surface area contributed by atoms with Gasteiger partial charge in [0.05, 0.1) is 41.6 Å². The first-order valence-corrected chi connectivity index (χ1v) is 15.3. The summed E-state index contributed by atoms with van der Waals surface area (Å²) in [7, 11) is 0. The number of hydrogen-bond donors (Lipinski definition) is 2. The molecule has 0 unspecified atom stereocenters. The molecule has 5 heterocycles. The number of ether oxygens (including phenoxy) is 2. The maximum absolute atomic E-state index is 12.5. The molecule has 2 N–H and O–H groups in total. The zero-order valence-corrected chi connectivity index (χ0v) is 25.9. The van der Waals surface area contributed by atoms with Gasteiger partial charge in [-0.25, -0.2) is 0 Å². The van der Waals surface area contributed by atoms with Crippen LogP contribution in [-0.4, -0.2) is 66.7 Å². The predicted octanol–water partition coefficient (Wildman–Crippen LogP) is 4.88. The number of nitrogens with one attached hydrogen (secondary N) is 2. The fraction of sp³-hybridized carbons (Fsp3) is 0.424. The summed E-state index contributed by atoms with van der Waals surface area (Å²) in [5.41, 5.74) is 6.45. The molecule has 10 nitrogen and oxygen atoms in total. The molecule has 4 aromatic rings. The molecule has 2 aromatic carbocycles. The number of anilines is 1. The highest BCUT2D eigenvalue weighted by molar-refractivity contribution is 6.06. The van der Waals surface area contributed by atoms with Crippen molar-refractivity contribution in [1.29, 1.82) is 5.26 Å². The third-order valence-corrected chi connectivity index (χ3v) is 8.47. The standard InChI is InChI=1S/C17H18N4O2.C16H17F3N2O2/c1-11-13-8-12(10-18)9-14(20-4-6-23-7-5-20)16(13)21-3-2-19-17(22)15(11)21;1-9(2)5-10-6-12(23-16(17,18)19)7-11-8-13-15(22)20-3-4-21(13)14(10)11/h8-9H,2-7H2,1H3,(H,19,22);6-9H,3-5H2,1-2H3,(H,20,22). The molecule has 1 saturated heterocycles. The largest absolute Gasteiger partial charge is 0.573 e. The highest BCUT2D eigenvalue weighted by Crippen LogP contribution is 2.36. The Bertz CT molecular complexity index is 1880. The minimum atomic E-state index is -4.74. The molecule has 0 spiro atoms. The molecule has 0 radical (unpaired) electrons. The molecule has 242 valence electrons. The molecule has 2 aromatic heterocycles. The van der Waals surface area contributed by atoms with Crippen LogP contribution in [0.15, 0.2) is 30.3 Å². The van der Waals surface area contributed by atoms with Gasteiger partial charge in [-0.2, -0.15) is 5.26 Å². The van der Waals surface area contributed by atoms with E-state index in [1.165, 1.54) is 12.1 Å². The van der Waals surface area contributed by atoms with Crippen molar-refractivity contribution in [2.45, 2.75) is 46.6 Å². The second-order valence-corrected chi connectivity index (χ2v) is 12.1. The third-order valence-electron chi connectivity index (χ3n) is 8.47. The summed E-state index contributed by atoms with van der Waals surface area (Å²) in [5.74, 6) is -0.218. The second kappa shape index (κ2) is 12.2. The van der Waals surface area contributed by atoms with Gasteiger partial charge in [0.15, 0.2) is 0 Å². The SMILES string of the molecule is CC(C)Cc1cc(OC(F)(F)F)cc2cc3n(c12)CCNC3=O.Cc1c2n(c3c(N4CCOCC4)cc(C#N)cc13)CCNC2=O. The van der Waals surface area contributed by atoms with E-state index in [0.717, 1.165) is 58.6 Å². The van der Waals surface area contributed by atoms with Crippen molar-refractivity contribution in [3.8, 4) is 11.8 Å². The summed E-state index contributed by atoms with van der Waals surface area (Å²) in [6.45, 7) is 11.4. The van der Waals surface area contributed by atoms with E-state index in [1.807, 2.05) is 37.5 Å². The topological polar surface area (TPSA) is 114 Å². The van der Waals surface area contributed by atoms with Crippen LogP contribution in [0.4, 0.5) is 18.9 Å². The zero-order chi connectivity index (χ0) is 32.7. The van der Waals surface area contributed by atoms with Crippen LogP contribution in [0, 0.1) is 24.2 Å². The molecule has 3 aliphatic rings. The maximum Gasteiger partial charge on any atom is 0.573 e. The van der Waals surface area contributed by atoms with E-state index >= 15 is 0 Å². The van der Waals surface area contributed by atoms with Crippen molar-refractivity contribution < 1.29 is 32.2 Å². The number of amides is 2. The number of aryl methyl sites for hydroxylation is 1. The van der Waals surface area contributed by atoms with Crippen molar-refractivity contribution in [2.75, 3.05) is 44.3 Å². The Morgan fingerprint density at radius 3 is 2.33 bits per heavy atom. The van der Waals surface area contributed by atoms with Crippen LogP contribution in [0.1, 0.15) is 51.5 Å². The van der Waals surface area contributed by atoms with Gasteiger partial charge in [0.25, 0.3) is 11.8 Å². The molecule has 7 rings (SSSR count). The van der Waals surface area contributed by atoms with Gasteiger partial charge in [0.1, 0.15) is 17.1 Å². The number of nitriles is 1. The number of hydrogen-bond acceptors (Lipinski definition) is 6. The van der Waals surface area contributed by atoms with Crippen molar-refractivity contribution in [1.82, 2.24) is 19.8 Å². The third kappa shape index (κ3) is 5.97. The highest BCUT2D eigenvalue weighted by Gasteiger charge is 2.32. The van der Waals surface area contributed by atoms with E-state index in [9.17, 15) is 28.0 Å². The van der Waals surface area contributed by atoms with Crippen molar-refractivity contribution in [3.05, 3.63) is 58.4 Å². The summed E-state index contributed by atoms with van der Waals surface area (Å²) in [6, 6.07) is 10.5. The smallest absolute Gasteiger partial charge is 0.406 e. The summed E-state index contributed by atoms with van der Waals surface area (Å²) >= 11 is 0. The van der Waals surface area contributed by atoms with E-state index in [4.69, 9.17) is 4.74 Å². The lowest BCUT2D eigenvalue weighted by molar-refractivity contribution is -0.274. The fourth-order valence-electron chi connectivity index (χ4n) is 6.68. The van der Waals surface area contributed by atoms with Crippen LogP contribution in [0.2, 0.25) is 0 Å². The van der Waals surface area contributed by atoms with Crippen LogP contribution in [0.5, 0.6) is 5.75 Å². The maximum atomic E-state index is 12.5. The Morgan fingerprint density at radius 2 is 1.65 bits per heavy atom. The number of carbonyl (C=O) groups is 2. The monoisotopic (exact) mass is 636 g/mol. The minimum absolute atomic E-state index is 0.0311. The summed E-state index contributed by atoms with van der Waals surface area (Å²) in [4.78, 5) is 26.5. The van der Waals surface area contributed by atoms with Gasteiger partial charge in [0.2, 0.25) is 0 Å². The summed E-state index contributed by atoms with van der Waals surface area (Å²) < 4.78 is 51.1. The van der Waals surface area contributed by atoms with Crippen molar-refractivity contribution in [3.63, 3.8) is 0 Å². The number of morpholine rings is 1. The van der Waals surface area contributed by atoms with Gasteiger partial charge < -0.3 is 34.1 Å². The molecule has 13 heteroatoms. The Morgan fingerprint density at radius 1 is 0.957 bits per heavy atom. The molecule has 46 heavy (non-hydrogen) atoms. The zero-order valence-electron chi connectivity index (χ0n) is 25.9. The Labute approximate surface area is 263 Å². The van der Waals surface area contributed by atoms with Crippen LogP contribution >= 0.6 is 0 Å². The van der Waals surface area contributed by atoms with Gasteiger partial charge in [-0.1, -0.05) is 13.8 Å². The number of nitrogens with zero attached hydrogens (tertiary/aromatic N) is 4. The number of halogens is 3. The van der Waals surface area contributed by atoms with Gasteiger partial charge in [-0.05, 0) is 60.7 Å². The van der Waals surface area contributed by atoms with E-state index < -0.39 is 6.36 Å². The fourth-order valence-corrected chi connectivity index (χ4v) is 6.68. The lowest BCUT2D eigenvalue weighted by Crippen LogP contribution is -2.37. The van der Waals surface area contributed by atoms with E-state index in [2.05, 4.69) is 30.9 Å². The van der Waals surface area contributed by atoms with E-state index in [-0.39, 0.29) is 23.5 Å². The number of fused-ring (bicyclic) bond motifs is 6. The molecule has 1 fully saturated rings. The van der Waals surface area contributed by atoms with Gasteiger partial charge in [0, 0.05) is 50.0 Å². The van der Waals surface area contributed by atoms with Gasteiger partial charge in [-0.3, -0.25) is 9.59 Å². The molecule has 2 amide bonds. The van der Waals surface area contributed by atoms with Crippen LogP contribution < -0.4 is 20.3 Å². The molecular weight excluding hydrogens is 601 g/mol. The van der Waals surface area contributed by atoms with Crippen LogP contribution in [-0.2, 0) is 24.2 Å². The van der Waals surface area contributed by atoms with E-state index in [0.29, 0.717) is 55.9 Å². The highest BCUT2D eigenvalue weighted by atomic mass is 19.4. The van der Waals surface area contributed by atoms with Gasteiger partial charge in [-0.15, -0.1) is 13.2 Å². The first-order chi connectivity index (χ1) is 21.9. The first kappa shape index (κ1) is 31.3. The molecule has 0 atom stereocenters. The Hall–Kier alpha value is -4.70.